The highest BCUT2D eigenvalue weighted by Crippen LogP contribution is 2.32. The van der Waals surface area contributed by atoms with E-state index in [0.717, 1.165) is 5.56 Å². The molecule has 1 aromatic heterocycles. The molecule has 0 unspecified atom stereocenters. The number of halogens is 1. The minimum atomic E-state index is 0.0527. The zero-order valence-corrected chi connectivity index (χ0v) is 13.3. The fourth-order valence-electron chi connectivity index (χ4n) is 2.47. The molecule has 1 N–H and O–H groups in total. The third-order valence-electron chi connectivity index (χ3n) is 3.98. The molecule has 1 fully saturated rings. The maximum Gasteiger partial charge on any atom is 0.220 e. The van der Waals surface area contributed by atoms with Gasteiger partial charge in [0.2, 0.25) is 5.91 Å². The van der Waals surface area contributed by atoms with Gasteiger partial charge in [-0.25, -0.2) is 4.98 Å². The van der Waals surface area contributed by atoms with Crippen LogP contribution in [0.15, 0.2) is 34.9 Å². The van der Waals surface area contributed by atoms with Crippen LogP contribution >= 0.6 is 11.6 Å². The molecule has 1 atom stereocenters. The Labute approximate surface area is 134 Å². The van der Waals surface area contributed by atoms with E-state index >= 15 is 0 Å². The summed E-state index contributed by atoms with van der Waals surface area (Å²) in [4.78, 5) is 16.1. The molecule has 0 spiro atoms. The average Bonchev–Trinajstić information content (AvgIpc) is 3.25. The zero-order valence-electron chi connectivity index (χ0n) is 12.5. The minimum absolute atomic E-state index is 0.0527. The molecule has 3 rings (SSSR count). The highest BCUT2D eigenvalue weighted by molar-refractivity contribution is 6.33. The highest BCUT2D eigenvalue weighted by Gasteiger charge is 2.28. The monoisotopic (exact) mass is 318 g/mol. The van der Waals surface area contributed by atoms with Gasteiger partial charge in [0.15, 0.2) is 11.7 Å². The second-order valence-corrected chi connectivity index (χ2v) is 6.20. The molecule has 5 heteroatoms. The molecule has 116 valence electrons. The molecule has 0 aliphatic heterocycles. The van der Waals surface area contributed by atoms with Crippen molar-refractivity contribution < 1.29 is 9.21 Å². The lowest BCUT2D eigenvalue weighted by atomic mass is 10.2. The van der Waals surface area contributed by atoms with Crippen molar-refractivity contribution in [2.45, 2.75) is 38.6 Å². The fraction of sp³-hybridized carbons (Fsp3) is 0.412. The van der Waals surface area contributed by atoms with E-state index < -0.39 is 0 Å². The first-order valence-electron chi connectivity index (χ1n) is 7.62. The van der Waals surface area contributed by atoms with Gasteiger partial charge in [0.05, 0.1) is 11.2 Å². The maximum atomic E-state index is 11.9. The number of aryl methyl sites for hydroxylation is 1. The molecular formula is C17H19ClN2O2. The van der Waals surface area contributed by atoms with Crippen molar-refractivity contribution in [3.8, 4) is 11.3 Å². The Morgan fingerprint density at radius 1 is 1.45 bits per heavy atom. The molecule has 1 saturated carbocycles. The van der Waals surface area contributed by atoms with Gasteiger partial charge >= 0.3 is 0 Å². The van der Waals surface area contributed by atoms with Gasteiger partial charge in [0, 0.05) is 24.4 Å². The topological polar surface area (TPSA) is 55.1 Å². The second kappa shape index (κ2) is 6.53. The fourth-order valence-corrected chi connectivity index (χ4v) is 2.70. The number of carbonyl (C=O) groups is 1. The Bertz CT molecular complexity index is 664. The van der Waals surface area contributed by atoms with Gasteiger partial charge in [0.25, 0.3) is 0 Å². The number of nitrogens with zero attached hydrogens (tertiary/aromatic N) is 1. The van der Waals surface area contributed by atoms with Crippen LogP contribution in [0.25, 0.3) is 11.3 Å². The van der Waals surface area contributed by atoms with Gasteiger partial charge in [-0.15, -0.1) is 0 Å². The predicted octanol–water partition coefficient (Wildman–Crippen LogP) is 3.84. The normalized spacial score (nSPS) is 15.5. The first-order chi connectivity index (χ1) is 10.6. The van der Waals surface area contributed by atoms with Gasteiger partial charge in [0.1, 0.15) is 0 Å². The Kier molecular flexibility index (Phi) is 4.48. The summed E-state index contributed by atoms with van der Waals surface area (Å²) in [6, 6.07) is 7.74. The standard InChI is InChI=1S/C17H19ClN2O2/c1-11(12-6-7-12)20-16(21)8-9-17-19-10-15(22-17)13-4-2-3-5-14(13)18/h2-5,10-12H,6-9H2,1H3,(H,20,21)/t11-/m1/s1. The Balaban J connectivity index is 1.55. The van der Waals surface area contributed by atoms with Crippen LogP contribution in [0.3, 0.4) is 0 Å². The lowest BCUT2D eigenvalue weighted by molar-refractivity contribution is -0.121. The summed E-state index contributed by atoms with van der Waals surface area (Å²) in [5, 5.41) is 3.66. The summed E-state index contributed by atoms with van der Waals surface area (Å²) in [6.07, 6.45) is 4.99. The number of benzene rings is 1. The number of amides is 1. The van der Waals surface area contributed by atoms with E-state index in [1.54, 1.807) is 6.20 Å². The van der Waals surface area contributed by atoms with Crippen molar-refractivity contribution in [3.63, 3.8) is 0 Å². The van der Waals surface area contributed by atoms with Crippen LogP contribution in [-0.4, -0.2) is 16.9 Å². The molecule has 2 aromatic rings. The van der Waals surface area contributed by atoms with Gasteiger partial charge in [-0.3, -0.25) is 4.79 Å². The van der Waals surface area contributed by atoms with Gasteiger partial charge < -0.3 is 9.73 Å². The number of carbonyl (C=O) groups excluding carboxylic acids is 1. The molecular weight excluding hydrogens is 300 g/mol. The van der Waals surface area contributed by atoms with Gasteiger partial charge in [-0.05, 0) is 37.8 Å². The van der Waals surface area contributed by atoms with E-state index in [1.165, 1.54) is 12.8 Å². The van der Waals surface area contributed by atoms with Crippen molar-refractivity contribution in [1.82, 2.24) is 10.3 Å². The number of rotatable bonds is 6. The molecule has 1 heterocycles. The summed E-state index contributed by atoms with van der Waals surface area (Å²) in [5.41, 5.74) is 0.815. The van der Waals surface area contributed by atoms with E-state index in [0.29, 0.717) is 35.4 Å². The molecule has 1 aromatic carbocycles. The first kappa shape index (κ1) is 15.1. The van der Waals surface area contributed by atoms with Gasteiger partial charge in [-0.2, -0.15) is 0 Å². The number of hydrogen-bond acceptors (Lipinski definition) is 3. The third kappa shape index (κ3) is 3.69. The number of nitrogens with one attached hydrogen (secondary N) is 1. The van der Waals surface area contributed by atoms with E-state index in [-0.39, 0.29) is 11.9 Å². The van der Waals surface area contributed by atoms with Crippen LogP contribution in [-0.2, 0) is 11.2 Å². The number of aromatic nitrogens is 1. The lowest BCUT2D eigenvalue weighted by Gasteiger charge is -2.11. The van der Waals surface area contributed by atoms with Crippen LogP contribution in [0.5, 0.6) is 0 Å². The quantitative estimate of drug-likeness (QED) is 0.880. The summed E-state index contributed by atoms with van der Waals surface area (Å²) in [6.45, 7) is 2.07. The van der Waals surface area contributed by atoms with Crippen molar-refractivity contribution in [2.75, 3.05) is 0 Å². The molecule has 0 bridgehead atoms. The van der Waals surface area contributed by atoms with Crippen LogP contribution in [0.1, 0.15) is 32.1 Å². The maximum absolute atomic E-state index is 11.9. The third-order valence-corrected chi connectivity index (χ3v) is 4.31. The Hall–Kier alpha value is -1.81. The largest absolute Gasteiger partial charge is 0.441 e. The molecule has 0 saturated heterocycles. The second-order valence-electron chi connectivity index (χ2n) is 5.79. The van der Waals surface area contributed by atoms with Crippen LogP contribution in [0.2, 0.25) is 5.02 Å². The van der Waals surface area contributed by atoms with Crippen molar-refractivity contribution >= 4 is 17.5 Å². The average molecular weight is 319 g/mol. The van der Waals surface area contributed by atoms with Crippen LogP contribution in [0.4, 0.5) is 0 Å². The Morgan fingerprint density at radius 2 is 2.23 bits per heavy atom. The lowest BCUT2D eigenvalue weighted by Crippen LogP contribution is -2.34. The summed E-state index contributed by atoms with van der Waals surface area (Å²) >= 11 is 6.14. The Morgan fingerprint density at radius 3 is 2.95 bits per heavy atom. The van der Waals surface area contributed by atoms with E-state index in [4.69, 9.17) is 16.0 Å². The summed E-state index contributed by atoms with van der Waals surface area (Å²) in [7, 11) is 0. The summed E-state index contributed by atoms with van der Waals surface area (Å²) < 4.78 is 5.69. The van der Waals surface area contributed by atoms with E-state index in [2.05, 4.69) is 17.2 Å². The number of oxazole rings is 1. The zero-order chi connectivity index (χ0) is 15.5. The van der Waals surface area contributed by atoms with Crippen LogP contribution < -0.4 is 5.32 Å². The molecule has 1 amide bonds. The predicted molar refractivity (Wildman–Crippen MR) is 85.6 cm³/mol. The van der Waals surface area contributed by atoms with Crippen LogP contribution in [0, 0.1) is 5.92 Å². The molecule has 0 radical (unpaired) electrons. The van der Waals surface area contributed by atoms with E-state index in [9.17, 15) is 4.79 Å². The molecule has 4 nitrogen and oxygen atoms in total. The summed E-state index contributed by atoms with van der Waals surface area (Å²) in [5.74, 6) is 1.91. The minimum Gasteiger partial charge on any atom is -0.441 e. The first-order valence-corrected chi connectivity index (χ1v) is 8.00. The number of hydrogen-bond donors (Lipinski definition) is 1. The van der Waals surface area contributed by atoms with Crippen molar-refractivity contribution in [3.05, 3.63) is 41.4 Å². The smallest absolute Gasteiger partial charge is 0.220 e. The van der Waals surface area contributed by atoms with Crippen molar-refractivity contribution in [1.29, 1.82) is 0 Å². The van der Waals surface area contributed by atoms with Crippen molar-refractivity contribution in [2.24, 2.45) is 5.92 Å². The SMILES string of the molecule is C[C@@H](NC(=O)CCc1ncc(-c2ccccc2Cl)o1)C1CC1. The highest BCUT2D eigenvalue weighted by atomic mass is 35.5. The van der Waals surface area contributed by atoms with E-state index in [1.807, 2.05) is 24.3 Å². The molecule has 1 aliphatic carbocycles. The molecule has 1 aliphatic rings. The van der Waals surface area contributed by atoms with Gasteiger partial charge in [-0.1, -0.05) is 23.7 Å². The molecule has 22 heavy (non-hydrogen) atoms.